The molecule has 1 nitrogen and oxygen atoms in total. The van der Waals surface area contributed by atoms with Crippen LogP contribution in [0.25, 0.3) is 0 Å². The molecule has 0 spiro atoms. The second-order valence-corrected chi connectivity index (χ2v) is 1.53. The van der Waals surface area contributed by atoms with Gasteiger partial charge in [0, 0.05) is 0 Å². The molecule has 2 N–H and O–H groups in total. The summed E-state index contributed by atoms with van der Waals surface area (Å²) in [4.78, 5) is 0. The Labute approximate surface area is 56.3 Å². The van der Waals surface area contributed by atoms with Gasteiger partial charge in [0.25, 0.3) is 0 Å². The molecule has 9 heavy (non-hydrogen) atoms. The van der Waals surface area contributed by atoms with Crippen molar-refractivity contribution in [2.24, 2.45) is 5.73 Å². The fourth-order valence-corrected chi connectivity index (χ4v) is 0.382. The molecule has 0 bridgehead atoms. The predicted molar refractivity (Wildman–Crippen MR) is 40.8 cm³/mol. The van der Waals surface area contributed by atoms with Crippen LogP contribution in [0.4, 0.5) is 0 Å². The maximum Gasteiger partial charge on any atom is -0.00425 e. The Morgan fingerprint density at radius 1 is 1.44 bits per heavy atom. The third-order valence-electron chi connectivity index (χ3n) is 0.773. The largest absolute Gasteiger partial charge is 0.330 e. The lowest BCUT2D eigenvalue weighted by atomic mass is 10.3. The van der Waals surface area contributed by atoms with Gasteiger partial charge in [-0.2, -0.15) is 0 Å². The van der Waals surface area contributed by atoms with Crippen LogP contribution in [0.2, 0.25) is 0 Å². The van der Waals surface area contributed by atoms with Gasteiger partial charge < -0.3 is 5.73 Å². The van der Waals surface area contributed by atoms with Crippen molar-refractivity contribution in [1.29, 1.82) is 0 Å². The lowest BCUT2D eigenvalue weighted by molar-refractivity contribution is 1.01. The number of allylic oxidation sites excluding steroid dienone is 3. The van der Waals surface area contributed by atoms with E-state index >= 15 is 0 Å². The molecule has 0 atom stereocenters. The van der Waals surface area contributed by atoms with E-state index in [9.17, 15) is 0 Å². The summed E-state index contributed by atoms with van der Waals surface area (Å²) in [5.74, 6) is 2.38. The van der Waals surface area contributed by atoms with Crippen molar-refractivity contribution >= 4 is 0 Å². The quantitative estimate of drug-likeness (QED) is 0.439. The van der Waals surface area contributed by atoms with Gasteiger partial charge >= 0.3 is 0 Å². The van der Waals surface area contributed by atoms with Gasteiger partial charge in [0.1, 0.15) is 0 Å². The van der Waals surface area contributed by atoms with E-state index in [1.165, 1.54) is 0 Å². The van der Waals surface area contributed by atoms with E-state index in [2.05, 4.69) is 5.92 Å². The fraction of sp³-hybridized carbons (Fsp3) is 0.250. The molecular weight excluding hydrogens is 110 g/mol. The first-order valence-corrected chi connectivity index (χ1v) is 2.89. The first-order valence-electron chi connectivity index (χ1n) is 2.89. The molecule has 0 saturated carbocycles. The average Bonchev–Trinajstić information content (AvgIpc) is 1.89. The van der Waals surface area contributed by atoms with Crippen molar-refractivity contribution in [3.63, 3.8) is 0 Å². The van der Waals surface area contributed by atoms with E-state index < -0.39 is 0 Å². The van der Waals surface area contributed by atoms with Crippen LogP contribution >= 0.6 is 0 Å². The molecule has 0 radical (unpaired) electrons. The molecule has 0 fully saturated rings. The fourth-order valence-electron chi connectivity index (χ4n) is 0.382. The molecule has 0 heterocycles. The first-order chi connectivity index (χ1) is 4.41. The molecule has 0 aromatic heterocycles. The normalized spacial score (nSPS) is 10.7. The van der Waals surface area contributed by atoms with Gasteiger partial charge in [-0.3, -0.25) is 0 Å². The Hall–Kier alpha value is -1.00. The van der Waals surface area contributed by atoms with Crippen LogP contribution in [0.1, 0.15) is 6.42 Å². The van der Waals surface area contributed by atoms with E-state index in [0.717, 1.165) is 6.42 Å². The van der Waals surface area contributed by atoms with Gasteiger partial charge in [-0.15, -0.1) is 6.42 Å². The highest BCUT2D eigenvalue weighted by molar-refractivity contribution is 5.15. The zero-order chi connectivity index (χ0) is 6.95. The molecule has 0 aromatic rings. The molecule has 0 aliphatic heterocycles. The van der Waals surface area contributed by atoms with E-state index in [4.69, 9.17) is 12.2 Å². The molecule has 0 aliphatic carbocycles. The standard InChI is InChI=1S/C8H11N/c1-2-3-4-5-6-7-8-9/h1,3-6H,7-9H2/b4-3-,6-5-. The van der Waals surface area contributed by atoms with Crippen LogP contribution < -0.4 is 5.73 Å². The van der Waals surface area contributed by atoms with Gasteiger partial charge in [0.2, 0.25) is 0 Å². The van der Waals surface area contributed by atoms with Crippen LogP contribution in [0.5, 0.6) is 0 Å². The van der Waals surface area contributed by atoms with Crippen molar-refractivity contribution in [3.05, 3.63) is 24.3 Å². The zero-order valence-corrected chi connectivity index (χ0v) is 5.38. The van der Waals surface area contributed by atoms with E-state index in [0.29, 0.717) is 6.54 Å². The Bertz CT molecular complexity index is 137. The minimum Gasteiger partial charge on any atom is -0.330 e. The maximum absolute atomic E-state index is 5.23. The molecule has 0 aromatic carbocycles. The van der Waals surface area contributed by atoms with Crippen LogP contribution in [-0.2, 0) is 0 Å². The van der Waals surface area contributed by atoms with Crippen molar-refractivity contribution in [1.82, 2.24) is 0 Å². The first kappa shape index (κ1) is 8.00. The molecule has 48 valence electrons. The molecular formula is C8H11N. The Morgan fingerprint density at radius 2 is 2.22 bits per heavy atom. The van der Waals surface area contributed by atoms with Gasteiger partial charge in [-0.25, -0.2) is 0 Å². The lowest BCUT2D eigenvalue weighted by Crippen LogP contribution is -1.94. The van der Waals surface area contributed by atoms with Crippen LogP contribution in [0, 0.1) is 12.3 Å². The number of nitrogens with two attached hydrogens (primary N) is 1. The Kier molecular flexibility index (Phi) is 6.22. The smallest absolute Gasteiger partial charge is 0.00425 e. The monoisotopic (exact) mass is 121 g/mol. The second kappa shape index (κ2) is 7.00. The number of hydrogen-bond donors (Lipinski definition) is 1. The molecule has 0 aliphatic rings. The topological polar surface area (TPSA) is 26.0 Å². The maximum atomic E-state index is 5.23. The van der Waals surface area contributed by atoms with Gasteiger partial charge in [0.05, 0.1) is 0 Å². The van der Waals surface area contributed by atoms with Crippen molar-refractivity contribution < 1.29 is 0 Å². The van der Waals surface area contributed by atoms with Crippen LogP contribution in [0.15, 0.2) is 24.3 Å². The van der Waals surface area contributed by atoms with Crippen molar-refractivity contribution in [2.45, 2.75) is 6.42 Å². The Morgan fingerprint density at radius 3 is 2.78 bits per heavy atom. The molecule has 0 saturated heterocycles. The summed E-state index contributed by atoms with van der Waals surface area (Å²) in [7, 11) is 0. The van der Waals surface area contributed by atoms with Crippen molar-refractivity contribution in [3.8, 4) is 12.3 Å². The number of rotatable bonds is 3. The lowest BCUT2D eigenvalue weighted by Gasteiger charge is -1.79. The number of hydrogen-bond acceptors (Lipinski definition) is 1. The minimum atomic E-state index is 0.695. The highest BCUT2D eigenvalue weighted by Crippen LogP contribution is 1.79. The molecule has 0 rings (SSSR count). The summed E-state index contributed by atoms with van der Waals surface area (Å²) in [5.41, 5.74) is 5.23. The zero-order valence-electron chi connectivity index (χ0n) is 5.38. The Balaban J connectivity index is 3.27. The molecule has 1 heteroatoms. The third-order valence-corrected chi connectivity index (χ3v) is 0.773. The average molecular weight is 121 g/mol. The number of terminal acetylenes is 1. The summed E-state index contributed by atoms with van der Waals surface area (Å²) in [6.07, 6.45) is 13.2. The van der Waals surface area contributed by atoms with Crippen LogP contribution in [0.3, 0.4) is 0 Å². The van der Waals surface area contributed by atoms with Crippen molar-refractivity contribution in [2.75, 3.05) is 6.54 Å². The minimum absolute atomic E-state index is 0.695. The summed E-state index contributed by atoms with van der Waals surface area (Å²) < 4.78 is 0. The van der Waals surface area contributed by atoms with Crippen LogP contribution in [-0.4, -0.2) is 6.54 Å². The van der Waals surface area contributed by atoms with E-state index in [-0.39, 0.29) is 0 Å². The van der Waals surface area contributed by atoms with Gasteiger partial charge in [-0.1, -0.05) is 24.1 Å². The second-order valence-electron chi connectivity index (χ2n) is 1.53. The third kappa shape index (κ3) is 7.00. The SMILES string of the molecule is C#C/C=C\C=C/CCN. The highest BCUT2D eigenvalue weighted by Gasteiger charge is 1.67. The van der Waals surface area contributed by atoms with E-state index in [1.54, 1.807) is 6.08 Å². The van der Waals surface area contributed by atoms with E-state index in [1.807, 2.05) is 18.2 Å². The van der Waals surface area contributed by atoms with Gasteiger partial charge in [-0.05, 0) is 19.0 Å². The predicted octanol–water partition coefficient (Wildman–Crippen LogP) is 1.08. The summed E-state index contributed by atoms with van der Waals surface area (Å²) in [6, 6.07) is 0. The summed E-state index contributed by atoms with van der Waals surface area (Å²) >= 11 is 0. The summed E-state index contributed by atoms with van der Waals surface area (Å²) in [6.45, 7) is 0.695. The summed E-state index contributed by atoms with van der Waals surface area (Å²) in [5, 5.41) is 0. The molecule has 0 unspecified atom stereocenters. The highest BCUT2D eigenvalue weighted by atomic mass is 14.5. The molecule has 0 amide bonds. The van der Waals surface area contributed by atoms with Gasteiger partial charge in [0.15, 0.2) is 0 Å².